The summed E-state index contributed by atoms with van der Waals surface area (Å²) in [7, 11) is 0. The van der Waals surface area contributed by atoms with Crippen LogP contribution in [-0.2, 0) is 0 Å². The first-order valence-corrected chi connectivity index (χ1v) is 8.24. The highest BCUT2D eigenvalue weighted by Gasteiger charge is 2.17. The smallest absolute Gasteiger partial charge is 0.275 e. The van der Waals surface area contributed by atoms with Crippen molar-refractivity contribution in [2.24, 2.45) is 0 Å². The number of ether oxygens (including phenoxy) is 1. The number of hydrogen-bond acceptors (Lipinski definition) is 6. The zero-order valence-corrected chi connectivity index (χ0v) is 14.1. The van der Waals surface area contributed by atoms with Crippen molar-refractivity contribution < 1.29 is 13.9 Å². The first kappa shape index (κ1) is 16.4. The molecular formula is C17H17FN6O2. The molecule has 1 aliphatic rings. The minimum absolute atomic E-state index is 0.0670. The number of carbonyl (C=O) groups excluding carboxylic acids is 1. The van der Waals surface area contributed by atoms with Crippen LogP contribution >= 0.6 is 0 Å². The van der Waals surface area contributed by atoms with Crippen LogP contribution < -0.4 is 15.4 Å². The maximum atomic E-state index is 14.1. The zero-order valence-electron chi connectivity index (χ0n) is 14.1. The van der Waals surface area contributed by atoms with Crippen LogP contribution in [0, 0.1) is 12.7 Å². The molecule has 1 saturated heterocycles. The highest BCUT2D eigenvalue weighted by molar-refractivity contribution is 6.02. The van der Waals surface area contributed by atoms with E-state index < -0.39 is 11.7 Å². The Morgan fingerprint density at radius 3 is 3.00 bits per heavy atom. The number of carbonyl (C=O) groups is 1. The lowest BCUT2D eigenvalue weighted by atomic mass is 10.3. The Labute approximate surface area is 148 Å². The van der Waals surface area contributed by atoms with Gasteiger partial charge in [0.2, 0.25) is 5.88 Å². The third-order valence-electron chi connectivity index (χ3n) is 4.05. The quantitative estimate of drug-likeness (QED) is 0.737. The number of hydrogen-bond donors (Lipinski definition) is 2. The van der Waals surface area contributed by atoms with E-state index in [1.807, 2.05) is 0 Å². The third kappa shape index (κ3) is 3.33. The van der Waals surface area contributed by atoms with E-state index in [-0.39, 0.29) is 17.4 Å². The van der Waals surface area contributed by atoms with E-state index in [0.717, 1.165) is 19.5 Å². The van der Waals surface area contributed by atoms with Crippen LogP contribution in [0.5, 0.6) is 5.88 Å². The van der Waals surface area contributed by atoms with Crippen LogP contribution in [-0.4, -0.2) is 44.5 Å². The number of nitrogens with one attached hydrogen (secondary N) is 2. The van der Waals surface area contributed by atoms with Gasteiger partial charge in [0, 0.05) is 25.0 Å². The molecule has 4 heterocycles. The van der Waals surface area contributed by atoms with E-state index in [2.05, 4.69) is 25.6 Å². The Kier molecular flexibility index (Phi) is 4.21. The van der Waals surface area contributed by atoms with E-state index in [1.165, 1.54) is 22.9 Å². The van der Waals surface area contributed by atoms with Crippen molar-refractivity contribution in [1.82, 2.24) is 24.7 Å². The molecule has 0 aromatic carbocycles. The summed E-state index contributed by atoms with van der Waals surface area (Å²) in [6.45, 7) is 3.45. The maximum Gasteiger partial charge on any atom is 0.275 e. The Balaban J connectivity index is 1.47. The summed E-state index contributed by atoms with van der Waals surface area (Å²) in [5, 5.41) is 5.81. The molecule has 1 aliphatic heterocycles. The minimum Gasteiger partial charge on any atom is -0.472 e. The second-order valence-electron chi connectivity index (χ2n) is 6.12. The molecule has 3 aromatic heterocycles. The second-order valence-corrected chi connectivity index (χ2v) is 6.12. The van der Waals surface area contributed by atoms with Crippen LogP contribution in [0.4, 0.5) is 10.1 Å². The first-order valence-electron chi connectivity index (χ1n) is 8.24. The molecule has 9 heteroatoms. The van der Waals surface area contributed by atoms with Crippen molar-refractivity contribution in [3.05, 3.63) is 48.1 Å². The molecule has 134 valence electrons. The molecule has 0 spiro atoms. The number of imidazole rings is 1. The lowest BCUT2D eigenvalue weighted by Gasteiger charge is -2.11. The maximum absolute atomic E-state index is 14.1. The van der Waals surface area contributed by atoms with Gasteiger partial charge in [0.05, 0.1) is 23.8 Å². The molecule has 1 fully saturated rings. The van der Waals surface area contributed by atoms with Crippen molar-refractivity contribution in [2.45, 2.75) is 19.4 Å². The van der Waals surface area contributed by atoms with Crippen LogP contribution in [0.3, 0.4) is 0 Å². The average molecular weight is 356 g/mol. The van der Waals surface area contributed by atoms with Gasteiger partial charge in [0.1, 0.15) is 11.8 Å². The summed E-state index contributed by atoms with van der Waals surface area (Å²) in [4.78, 5) is 24.6. The van der Waals surface area contributed by atoms with E-state index in [9.17, 15) is 9.18 Å². The summed E-state index contributed by atoms with van der Waals surface area (Å²) in [5.74, 6) is -0.630. The number of amides is 1. The number of pyridine rings is 1. The Morgan fingerprint density at radius 2 is 2.27 bits per heavy atom. The van der Waals surface area contributed by atoms with Crippen LogP contribution in [0.25, 0.3) is 5.65 Å². The third-order valence-corrected chi connectivity index (χ3v) is 4.05. The standard InChI is InChI=1S/C17H17FN6O2/c1-10-8-24-9-11(4-13(18)16(24)22-10)23-17(25)14-6-21-15(7-20-14)26-12-2-3-19-5-12/h4,6-9,12,19H,2-3,5H2,1H3,(H,23,25)/t12-/m0/s1. The molecule has 1 amide bonds. The van der Waals surface area contributed by atoms with Gasteiger partial charge in [0.25, 0.3) is 5.91 Å². The molecule has 0 unspecified atom stereocenters. The molecular weight excluding hydrogens is 339 g/mol. The number of aromatic nitrogens is 4. The normalized spacial score (nSPS) is 16.8. The molecule has 4 rings (SSSR count). The second kappa shape index (κ2) is 6.68. The van der Waals surface area contributed by atoms with Crippen LogP contribution in [0.1, 0.15) is 22.6 Å². The number of halogens is 1. The topological polar surface area (TPSA) is 93.4 Å². The van der Waals surface area contributed by atoms with Gasteiger partial charge < -0.3 is 19.8 Å². The van der Waals surface area contributed by atoms with Crippen LogP contribution in [0.15, 0.2) is 30.9 Å². The Hall–Kier alpha value is -3.07. The van der Waals surface area contributed by atoms with Crippen molar-refractivity contribution in [3.63, 3.8) is 0 Å². The molecule has 0 aliphatic carbocycles. The molecule has 26 heavy (non-hydrogen) atoms. The SMILES string of the molecule is Cc1cn2cc(NC(=O)c3cnc(O[C@H]4CCNC4)cn3)cc(F)c2n1. The number of fused-ring (bicyclic) bond motifs is 1. The molecule has 2 N–H and O–H groups in total. The van der Waals surface area contributed by atoms with Gasteiger partial charge in [0.15, 0.2) is 11.5 Å². The van der Waals surface area contributed by atoms with Crippen molar-refractivity contribution in [3.8, 4) is 5.88 Å². The summed E-state index contributed by atoms with van der Waals surface area (Å²) in [5.41, 5.74) is 1.32. The summed E-state index contributed by atoms with van der Waals surface area (Å²) < 4.78 is 21.3. The summed E-state index contributed by atoms with van der Waals surface area (Å²) in [6, 6.07) is 1.22. The molecule has 1 atom stereocenters. The predicted molar refractivity (Wildman–Crippen MR) is 91.8 cm³/mol. The van der Waals surface area contributed by atoms with Crippen LogP contribution in [0.2, 0.25) is 0 Å². The van der Waals surface area contributed by atoms with Gasteiger partial charge in [-0.25, -0.2) is 19.3 Å². The average Bonchev–Trinajstić information content (AvgIpc) is 3.24. The summed E-state index contributed by atoms with van der Waals surface area (Å²) in [6.07, 6.45) is 6.99. The fourth-order valence-electron chi connectivity index (χ4n) is 2.84. The van der Waals surface area contributed by atoms with E-state index in [1.54, 1.807) is 19.3 Å². The monoisotopic (exact) mass is 356 g/mol. The van der Waals surface area contributed by atoms with Gasteiger partial charge in [-0.15, -0.1) is 0 Å². The Bertz CT molecular complexity index is 950. The fourth-order valence-corrected chi connectivity index (χ4v) is 2.84. The predicted octanol–water partition coefficient (Wildman–Crippen LogP) is 1.56. The number of aryl methyl sites for hydroxylation is 1. The molecule has 0 radical (unpaired) electrons. The highest BCUT2D eigenvalue weighted by Crippen LogP contribution is 2.17. The largest absolute Gasteiger partial charge is 0.472 e. The van der Waals surface area contributed by atoms with E-state index in [4.69, 9.17) is 4.74 Å². The van der Waals surface area contributed by atoms with Gasteiger partial charge in [-0.2, -0.15) is 0 Å². The van der Waals surface area contributed by atoms with Crippen molar-refractivity contribution in [1.29, 1.82) is 0 Å². The molecule has 0 saturated carbocycles. The number of rotatable bonds is 4. The lowest BCUT2D eigenvalue weighted by Crippen LogP contribution is -2.20. The lowest BCUT2D eigenvalue weighted by molar-refractivity contribution is 0.102. The molecule has 0 bridgehead atoms. The molecule has 3 aromatic rings. The molecule has 8 nitrogen and oxygen atoms in total. The van der Waals surface area contributed by atoms with Gasteiger partial charge in [-0.3, -0.25) is 4.79 Å². The van der Waals surface area contributed by atoms with E-state index >= 15 is 0 Å². The van der Waals surface area contributed by atoms with Gasteiger partial charge in [-0.1, -0.05) is 0 Å². The van der Waals surface area contributed by atoms with Gasteiger partial charge in [-0.05, 0) is 19.9 Å². The van der Waals surface area contributed by atoms with Crippen molar-refractivity contribution >= 4 is 17.2 Å². The van der Waals surface area contributed by atoms with Crippen molar-refractivity contribution in [2.75, 3.05) is 18.4 Å². The summed E-state index contributed by atoms with van der Waals surface area (Å²) >= 11 is 0. The fraction of sp³-hybridized carbons (Fsp3) is 0.294. The van der Waals surface area contributed by atoms with E-state index in [0.29, 0.717) is 17.3 Å². The highest BCUT2D eigenvalue weighted by atomic mass is 19.1. The van der Waals surface area contributed by atoms with Gasteiger partial charge >= 0.3 is 0 Å². The zero-order chi connectivity index (χ0) is 18.1. The minimum atomic E-state index is -0.518. The Morgan fingerprint density at radius 1 is 1.38 bits per heavy atom. The number of nitrogens with zero attached hydrogens (tertiary/aromatic N) is 4. The first-order chi connectivity index (χ1) is 12.6. The number of anilines is 1.